The van der Waals surface area contributed by atoms with Crippen LogP contribution in [0, 0.1) is 11.8 Å². The zero-order chi connectivity index (χ0) is 17.2. The maximum atomic E-state index is 12.2. The van der Waals surface area contributed by atoms with Crippen LogP contribution in [-0.2, 0) is 4.79 Å². The van der Waals surface area contributed by atoms with Gasteiger partial charge in [0.25, 0.3) is 0 Å². The van der Waals surface area contributed by atoms with Gasteiger partial charge in [-0.25, -0.2) is 4.79 Å². The summed E-state index contributed by atoms with van der Waals surface area (Å²) in [7, 11) is 0. The Kier molecular flexibility index (Phi) is 4.61. The number of nitrogens with zero attached hydrogens (tertiary/aromatic N) is 1. The van der Waals surface area contributed by atoms with Gasteiger partial charge >= 0.3 is 6.03 Å². The molecule has 1 atom stereocenters. The Labute approximate surface area is 148 Å². The van der Waals surface area contributed by atoms with Crippen molar-refractivity contribution in [3.63, 3.8) is 0 Å². The number of carbonyl (C=O) groups excluding carboxylic acids is 2. The van der Waals surface area contributed by atoms with E-state index in [4.69, 9.17) is 0 Å². The molecule has 0 radical (unpaired) electrons. The molecule has 25 heavy (non-hydrogen) atoms. The molecule has 6 nitrogen and oxygen atoms in total. The van der Waals surface area contributed by atoms with Crippen LogP contribution in [0.2, 0.25) is 0 Å². The first-order chi connectivity index (χ1) is 12.2. The summed E-state index contributed by atoms with van der Waals surface area (Å²) in [5.41, 5.74) is 1.42. The molecule has 1 aromatic rings. The van der Waals surface area contributed by atoms with Gasteiger partial charge in [0.15, 0.2) is 0 Å². The predicted octanol–water partition coefficient (Wildman–Crippen LogP) is 2.64. The molecular formula is C19H26N4O2. The lowest BCUT2D eigenvalue weighted by Crippen LogP contribution is -2.39. The Morgan fingerprint density at radius 1 is 1.04 bits per heavy atom. The highest BCUT2D eigenvalue weighted by Crippen LogP contribution is 2.31. The van der Waals surface area contributed by atoms with E-state index in [1.165, 1.54) is 19.4 Å². The molecule has 2 saturated carbocycles. The number of likely N-dealkylation sites (tertiary alicyclic amines) is 1. The van der Waals surface area contributed by atoms with Gasteiger partial charge in [0.05, 0.1) is 0 Å². The fraction of sp³-hybridized carbons (Fsp3) is 0.579. The Balaban J connectivity index is 1.25. The molecule has 0 unspecified atom stereocenters. The summed E-state index contributed by atoms with van der Waals surface area (Å²) in [6.45, 7) is 3.20. The number of urea groups is 1. The smallest absolute Gasteiger partial charge is 0.319 e. The molecular weight excluding hydrogens is 316 g/mol. The summed E-state index contributed by atoms with van der Waals surface area (Å²) in [5.74, 6) is 1.13. The topological polar surface area (TPSA) is 73.5 Å². The van der Waals surface area contributed by atoms with Gasteiger partial charge in [-0.1, -0.05) is 6.07 Å². The number of carbonyl (C=O) groups is 2. The summed E-state index contributed by atoms with van der Waals surface area (Å²) < 4.78 is 0. The Morgan fingerprint density at radius 2 is 1.80 bits per heavy atom. The monoisotopic (exact) mass is 342 g/mol. The minimum Gasteiger partial charge on any atom is -0.334 e. The number of nitrogens with one attached hydrogen (secondary N) is 3. The van der Waals surface area contributed by atoms with Crippen LogP contribution < -0.4 is 16.0 Å². The van der Waals surface area contributed by atoms with Crippen molar-refractivity contribution in [2.75, 3.05) is 30.3 Å². The van der Waals surface area contributed by atoms with Gasteiger partial charge in [0.2, 0.25) is 5.91 Å². The molecule has 0 bridgehead atoms. The molecule has 1 saturated heterocycles. The second kappa shape index (κ2) is 7.04. The van der Waals surface area contributed by atoms with Crippen molar-refractivity contribution in [1.82, 2.24) is 10.2 Å². The Hall–Kier alpha value is -2.08. The van der Waals surface area contributed by atoms with Crippen molar-refractivity contribution < 1.29 is 9.59 Å². The van der Waals surface area contributed by atoms with Gasteiger partial charge in [0, 0.05) is 43.0 Å². The van der Waals surface area contributed by atoms with E-state index >= 15 is 0 Å². The molecule has 0 spiro atoms. The van der Waals surface area contributed by atoms with E-state index in [0.717, 1.165) is 44.0 Å². The van der Waals surface area contributed by atoms with Crippen LogP contribution >= 0.6 is 0 Å². The lowest BCUT2D eigenvalue weighted by molar-refractivity contribution is -0.117. The van der Waals surface area contributed by atoms with Crippen molar-refractivity contribution in [2.24, 2.45) is 11.8 Å². The van der Waals surface area contributed by atoms with Gasteiger partial charge in [-0.3, -0.25) is 4.79 Å². The summed E-state index contributed by atoms with van der Waals surface area (Å²) >= 11 is 0. The molecule has 3 fully saturated rings. The summed E-state index contributed by atoms with van der Waals surface area (Å²) in [5, 5.41) is 8.84. The molecule has 1 aromatic carbocycles. The standard InChI is InChI=1S/C19H26N4O2/c24-18(14-6-7-14)20-15-2-1-3-16(10-15)21-19(25)22-17-8-9-23(12-17)11-13-4-5-13/h1-3,10,13-14,17H,4-9,11-12H2,(H,20,24)(H2,21,22,25)/t17-/m1/s1. The van der Waals surface area contributed by atoms with Crippen LogP contribution in [0.3, 0.4) is 0 Å². The average Bonchev–Trinajstić information content (AvgIpc) is 3.48. The first-order valence-corrected chi connectivity index (χ1v) is 9.36. The van der Waals surface area contributed by atoms with Gasteiger partial charge in [-0.15, -0.1) is 0 Å². The van der Waals surface area contributed by atoms with Crippen molar-refractivity contribution >= 4 is 23.3 Å². The fourth-order valence-corrected chi connectivity index (χ4v) is 3.40. The molecule has 3 N–H and O–H groups in total. The summed E-state index contributed by atoms with van der Waals surface area (Å²) in [6.07, 6.45) is 5.69. The Morgan fingerprint density at radius 3 is 2.52 bits per heavy atom. The third-order valence-corrected chi connectivity index (χ3v) is 5.16. The SMILES string of the molecule is O=C(Nc1cccc(NC(=O)C2CC2)c1)N[C@@H]1CCN(CC2CC2)C1. The van der Waals surface area contributed by atoms with E-state index in [-0.39, 0.29) is 23.9 Å². The summed E-state index contributed by atoms with van der Waals surface area (Å²) in [6, 6.07) is 7.36. The molecule has 6 heteroatoms. The number of anilines is 2. The van der Waals surface area contributed by atoms with Crippen LogP contribution in [0.15, 0.2) is 24.3 Å². The zero-order valence-corrected chi connectivity index (χ0v) is 14.5. The largest absolute Gasteiger partial charge is 0.334 e. The van der Waals surface area contributed by atoms with E-state index in [2.05, 4.69) is 20.9 Å². The molecule has 3 aliphatic rings. The highest BCUT2D eigenvalue weighted by atomic mass is 16.2. The number of rotatable bonds is 6. The minimum atomic E-state index is -0.177. The van der Waals surface area contributed by atoms with Gasteiger partial charge < -0.3 is 20.9 Å². The van der Waals surface area contributed by atoms with E-state index in [1.807, 2.05) is 18.2 Å². The molecule has 3 amide bonds. The molecule has 134 valence electrons. The number of hydrogen-bond acceptors (Lipinski definition) is 3. The third kappa shape index (κ3) is 4.72. The highest BCUT2D eigenvalue weighted by molar-refractivity contribution is 5.95. The van der Waals surface area contributed by atoms with Crippen molar-refractivity contribution in [3.8, 4) is 0 Å². The first kappa shape index (κ1) is 16.4. The third-order valence-electron chi connectivity index (χ3n) is 5.16. The van der Waals surface area contributed by atoms with E-state index in [0.29, 0.717) is 5.69 Å². The lowest BCUT2D eigenvalue weighted by atomic mass is 10.2. The van der Waals surface area contributed by atoms with Gasteiger partial charge in [-0.2, -0.15) is 0 Å². The normalized spacial score (nSPS) is 23.3. The highest BCUT2D eigenvalue weighted by Gasteiger charge is 2.30. The van der Waals surface area contributed by atoms with Crippen molar-refractivity contribution in [3.05, 3.63) is 24.3 Å². The molecule has 1 heterocycles. The van der Waals surface area contributed by atoms with E-state index in [1.54, 1.807) is 6.07 Å². The van der Waals surface area contributed by atoms with Gasteiger partial charge in [0.1, 0.15) is 0 Å². The molecule has 4 rings (SSSR count). The van der Waals surface area contributed by atoms with E-state index in [9.17, 15) is 9.59 Å². The second-order valence-electron chi connectivity index (χ2n) is 7.63. The summed E-state index contributed by atoms with van der Waals surface area (Å²) in [4.78, 5) is 26.5. The lowest BCUT2D eigenvalue weighted by Gasteiger charge is -2.16. The predicted molar refractivity (Wildman–Crippen MR) is 97.5 cm³/mol. The molecule has 2 aliphatic carbocycles. The maximum absolute atomic E-state index is 12.2. The van der Waals surface area contributed by atoms with Crippen LogP contribution in [0.4, 0.5) is 16.2 Å². The number of benzene rings is 1. The minimum absolute atomic E-state index is 0.0725. The number of hydrogen-bond donors (Lipinski definition) is 3. The van der Waals surface area contributed by atoms with E-state index < -0.39 is 0 Å². The Bertz CT molecular complexity index is 655. The van der Waals surface area contributed by atoms with Crippen LogP contribution in [0.1, 0.15) is 32.1 Å². The maximum Gasteiger partial charge on any atom is 0.319 e. The van der Waals surface area contributed by atoms with Crippen LogP contribution in [0.25, 0.3) is 0 Å². The first-order valence-electron chi connectivity index (χ1n) is 9.36. The van der Waals surface area contributed by atoms with Gasteiger partial charge in [-0.05, 0) is 56.2 Å². The fourth-order valence-electron chi connectivity index (χ4n) is 3.40. The molecule has 1 aliphatic heterocycles. The average molecular weight is 342 g/mol. The van der Waals surface area contributed by atoms with Crippen molar-refractivity contribution in [2.45, 2.75) is 38.1 Å². The quantitative estimate of drug-likeness (QED) is 0.744. The zero-order valence-electron chi connectivity index (χ0n) is 14.5. The number of amides is 3. The molecule has 0 aromatic heterocycles. The van der Waals surface area contributed by atoms with Crippen LogP contribution in [-0.4, -0.2) is 42.5 Å². The second-order valence-corrected chi connectivity index (χ2v) is 7.63. The van der Waals surface area contributed by atoms with Crippen molar-refractivity contribution in [1.29, 1.82) is 0 Å². The van der Waals surface area contributed by atoms with Crippen LogP contribution in [0.5, 0.6) is 0 Å².